The van der Waals surface area contributed by atoms with E-state index < -0.39 is 0 Å². The van der Waals surface area contributed by atoms with E-state index in [9.17, 15) is 0 Å². The van der Waals surface area contributed by atoms with Crippen molar-refractivity contribution in [2.24, 2.45) is 0 Å². The third kappa shape index (κ3) is 5.22. The summed E-state index contributed by atoms with van der Waals surface area (Å²) in [5, 5.41) is 15.1. The second kappa shape index (κ2) is 9.74. The van der Waals surface area contributed by atoms with Crippen molar-refractivity contribution < 1.29 is 4.42 Å². The summed E-state index contributed by atoms with van der Waals surface area (Å²) in [6.45, 7) is 1.33. The number of nitrogens with one attached hydrogen (secondary N) is 2. The Morgan fingerprint density at radius 3 is 1.39 bits per heavy atom. The highest BCUT2D eigenvalue weighted by molar-refractivity contribution is 5.62. The van der Waals surface area contributed by atoms with Crippen molar-refractivity contribution in [3.8, 4) is 22.9 Å². The molecule has 0 atom stereocenters. The third-order valence-corrected chi connectivity index (χ3v) is 5.09. The van der Waals surface area contributed by atoms with Gasteiger partial charge in [-0.1, -0.05) is 12.1 Å². The van der Waals surface area contributed by atoms with Crippen LogP contribution in [0, 0.1) is 0 Å². The Labute approximate surface area is 191 Å². The molecule has 0 saturated carbocycles. The van der Waals surface area contributed by atoms with Crippen molar-refractivity contribution in [1.82, 2.24) is 20.2 Å². The summed E-state index contributed by atoms with van der Waals surface area (Å²) in [7, 11) is 0. The monoisotopic (exact) mass is 434 g/mol. The van der Waals surface area contributed by atoms with Crippen LogP contribution in [0.2, 0.25) is 0 Å². The summed E-state index contributed by atoms with van der Waals surface area (Å²) in [4.78, 5) is 8.64. The van der Waals surface area contributed by atoms with Crippen molar-refractivity contribution in [2.45, 2.75) is 13.1 Å². The van der Waals surface area contributed by atoms with Gasteiger partial charge in [-0.25, -0.2) is 0 Å². The molecule has 5 aromatic rings. The SMILES string of the molecule is c1ccc(CNc2ccc(-c3nnc(-c4ccc(NCc5ccccn5)cc4)o3)cc2)nc1. The molecule has 2 aromatic carbocycles. The van der Waals surface area contributed by atoms with Gasteiger partial charge in [0.05, 0.1) is 24.5 Å². The first kappa shape index (κ1) is 20.4. The van der Waals surface area contributed by atoms with Crippen LogP contribution in [0.25, 0.3) is 22.9 Å². The molecule has 0 spiro atoms. The zero-order valence-electron chi connectivity index (χ0n) is 17.8. The molecule has 0 aliphatic carbocycles. The van der Waals surface area contributed by atoms with Gasteiger partial charge in [-0.3, -0.25) is 9.97 Å². The van der Waals surface area contributed by atoms with E-state index in [1.807, 2.05) is 84.9 Å². The second-order valence-electron chi connectivity index (χ2n) is 7.42. The van der Waals surface area contributed by atoms with Gasteiger partial charge in [0.15, 0.2) is 0 Å². The van der Waals surface area contributed by atoms with Crippen molar-refractivity contribution in [1.29, 1.82) is 0 Å². The molecular weight excluding hydrogens is 412 g/mol. The molecule has 0 aliphatic rings. The Hall–Kier alpha value is -4.52. The highest BCUT2D eigenvalue weighted by Crippen LogP contribution is 2.26. The third-order valence-electron chi connectivity index (χ3n) is 5.09. The fourth-order valence-electron chi connectivity index (χ4n) is 3.31. The van der Waals surface area contributed by atoms with Gasteiger partial charge in [-0.05, 0) is 72.8 Å². The standard InChI is InChI=1S/C26H22N6O/c1-3-15-27-23(5-1)17-29-21-11-7-19(8-12-21)25-31-32-26(33-25)20-9-13-22(14-10-20)30-18-24-6-2-4-16-28-24/h1-16,29-30H,17-18H2. The molecule has 0 saturated heterocycles. The van der Waals surface area contributed by atoms with Gasteiger partial charge < -0.3 is 15.1 Å². The fourth-order valence-corrected chi connectivity index (χ4v) is 3.31. The van der Waals surface area contributed by atoms with Gasteiger partial charge in [0.2, 0.25) is 11.8 Å². The van der Waals surface area contributed by atoms with Crippen LogP contribution < -0.4 is 10.6 Å². The Morgan fingerprint density at radius 2 is 1.00 bits per heavy atom. The van der Waals surface area contributed by atoms with Crippen molar-refractivity contribution in [2.75, 3.05) is 10.6 Å². The number of anilines is 2. The van der Waals surface area contributed by atoms with Crippen LogP contribution >= 0.6 is 0 Å². The molecule has 0 aliphatic heterocycles. The molecule has 7 heteroatoms. The number of nitrogens with zero attached hydrogens (tertiary/aromatic N) is 4. The smallest absolute Gasteiger partial charge is 0.248 e. The molecule has 5 rings (SSSR count). The van der Waals surface area contributed by atoms with Crippen LogP contribution in [0.1, 0.15) is 11.4 Å². The van der Waals surface area contributed by atoms with Crippen LogP contribution in [0.4, 0.5) is 11.4 Å². The fraction of sp³-hybridized carbons (Fsp3) is 0.0769. The summed E-state index contributed by atoms with van der Waals surface area (Å²) in [6.07, 6.45) is 3.58. The van der Waals surface area contributed by atoms with E-state index in [-0.39, 0.29) is 0 Å². The lowest BCUT2D eigenvalue weighted by Crippen LogP contribution is -2.00. The first-order chi connectivity index (χ1) is 16.3. The molecule has 0 radical (unpaired) electrons. The average molecular weight is 435 g/mol. The number of pyridine rings is 2. The molecule has 0 fully saturated rings. The molecule has 0 unspecified atom stereocenters. The number of hydrogen-bond donors (Lipinski definition) is 2. The molecule has 162 valence electrons. The van der Waals surface area contributed by atoms with Crippen LogP contribution in [0.15, 0.2) is 102 Å². The number of rotatable bonds is 8. The maximum atomic E-state index is 5.91. The Balaban J connectivity index is 1.20. The van der Waals surface area contributed by atoms with Crippen molar-refractivity contribution >= 4 is 11.4 Å². The largest absolute Gasteiger partial charge is 0.416 e. The van der Waals surface area contributed by atoms with Gasteiger partial charge in [-0.15, -0.1) is 10.2 Å². The zero-order valence-corrected chi connectivity index (χ0v) is 17.8. The van der Waals surface area contributed by atoms with Crippen molar-refractivity contribution in [3.63, 3.8) is 0 Å². The first-order valence-corrected chi connectivity index (χ1v) is 10.7. The van der Waals surface area contributed by atoms with Gasteiger partial charge in [0, 0.05) is 34.9 Å². The van der Waals surface area contributed by atoms with E-state index in [0.29, 0.717) is 24.9 Å². The highest BCUT2D eigenvalue weighted by Gasteiger charge is 2.10. The minimum atomic E-state index is 0.485. The quantitative estimate of drug-likeness (QED) is 0.337. The van der Waals surface area contributed by atoms with Crippen LogP contribution in [-0.2, 0) is 13.1 Å². The highest BCUT2D eigenvalue weighted by atomic mass is 16.4. The Morgan fingerprint density at radius 1 is 0.545 bits per heavy atom. The molecule has 0 bridgehead atoms. The molecular formula is C26H22N6O. The van der Waals surface area contributed by atoms with E-state index in [4.69, 9.17) is 4.42 Å². The first-order valence-electron chi connectivity index (χ1n) is 10.7. The average Bonchev–Trinajstić information content (AvgIpc) is 3.38. The van der Waals surface area contributed by atoms with E-state index in [1.165, 1.54) is 0 Å². The Bertz CT molecular complexity index is 1180. The molecule has 0 amide bonds. The lowest BCUT2D eigenvalue weighted by molar-refractivity contribution is 0.584. The topological polar surface area (TPSA) is 88.8 Å². The minimum Gasteiger partial charge on any atom is -0.416 e. The lowest BCUT2D eigenvalue weighted by Gasteiger charge is -2.06. The van der Waals surface area contributed by atoms with Gasteiger partial charge >= 0.3 is 0 Å². The van der Waals surface area contributed by atoms with E-state index >= 15 is 0 Å². The summed E-state index contributed by atoms with van der Waals surface area (Å²) in [6, 6.07) is 27.6. The van der Waals surface area contributed by atoms with E-state index in [1.54, 1.807) is 12.4 Å². The van der Waals surface area contributed by atoms with Crippen molar-refractivity contribution in [3.05, 3.63) is 109 Å². The van der Waals surface area contributed by atoms with Crippen LogP contribution in [0.5, 0.6) is 0 Å². The van der Waals surface area contributed by atoms with Crippen LogP contribution in [0.3, 0.4) is 0 Å². The molecule has 2 N–H and O–H groups in total. The van der Waals surface area contributed by atoms with Gasteiger partial charge in [0.1, 0.15) is 0 Å². The zero-order chi connectivity index (χ0) is 22.3. The Kier molecular flexibility index (Phi) is 6.02. The maximum absolute atomic E-state index is 5.91. The molecule has 33 heavy (non-hydrogen) atoms. The molecule has 3 aromatic heterocycles. The molecule has 3 heterocycles. The molecule has 7 nitrogen and oxygen atoms in total. The van der Waals surface area contributed by atoms with Crippen LogP contribution in [-0.4, -0.2) is 20.2 Å². The van der Waals surface area contributed by atoms with E-state index in [0.717, 1.165) is 33.9 Å². The predicted octanol–water partition coefficient (Wildman–Crippen LogP) is 5.42. The minimum absolute atomic E-state index is 0.485. The maximum Gasteiger partial charge on any atom is 0.248 e. The second-order valence-corrected chi connectivity index (χ2v) is 7.42. The van der Waals surface area contributed by atoms with E-state index in [2.05, 4.69) is 30.8 Å². The number of hydrogen-bond acceptors (Lipinski definition) is 7. The summed E-state index contributed by atoms with van der Waals surface area (Å²) in [5.74, 6) is 0.970. The summed E-state index contributed by atoms with van der Waals surface area (Å²) in [5.41, 5.74) is 5.70. The summed E-state index contributed by atoms with van der Waals surface area (Å²) < 4.78 is 5.91. The lowest BCUT2D eigenvalue weighted by atomic mass is 10.2. The number of benzene rings is 2. The number of aromatic nitrogens is 4. The van der Waals surface area contributed by atoms with Gasteiger partial charge in [-0.2, -0.15) is 0 Å². The predicted molar refractivity (Wildman–Crippen MR) is 128 cm³/mol. The van der Waals surface area contributed by atoms with Gasteiger partial charge in [0.25, 0.3) is 0 Å². The normalized spacial score (nSPS) is 10.7. The summed E-state index contributed by atoms with van der Waals surface area (Å²) >= 11 is 0.